The molecule has 2 heterocycles. The van der Waals surface area contributed by atoms with Crippen molar-refractivity contribution < 1.29 is 18.3 Å². The van der Waals surface area contributed by atoms with Gasteiger partial charge in [0.05, 0.1) is 29.4 Å². The fourth-order valence-electron chi connectivity index (χ4n) is 5.20. The van der Waals surface area contributed by atoms with Crippen molar-refractivity contribution in [3.8, 4) is 17.1 Å². The average Bonchev–Trinajstić information content (AvgIpc) is 3.05. The zero-order valence-corrected chi connectivity index (χ0v) is 23.4. The minimum atomic E-state index is -3.90. The molecule has 0 aliphatic heterocycles. The third-order valence-electron chi connectivity index (χ3n) is 7.18. The highest BCUT2D eigenvalue weighted by atomic mass is 32.2. The van der Waals surface area contributed by atoms with Crippen LogP contribution in [0.4, 0.5) is 0 Å². The average molecular weight is 546 g/mol. The van der Waals surface area contributed by atoms with Crippen molar-refractivity contribution in [1.29, 1.82) is 0 Å². The van der Waals surface area contributed by atoms with Crippen LogP contribution in [0.2, 0.25) is 0 Å². The summed E-state index contributed by atoms with van der Waals surface area (Å²) in [6.45, 7) is 6.03. The maximum absolute atomic E-state index is 13.5. The number of sulfonamides is 1. The van der Waals surface area contributed by atoms with Gasteiger partial charge in [-0.05, 0) is 51.3 Å². The first kappa shape index (κ1) is 28.3. The first-order valence-corrected chi connectivity index (χ1v) is 15.1. The molecule has 10 nitrogen and oxygen atoms in total. The Hall–Kier alpha value is -2.76. The van der Waals surface area contributed by atoms with Crippen LogP contribution in [0.15, 0.2) is 27.9 Å². The van der Waals surface area contributed by atoms with Gasteiger partial charge in [-0.2, -0.15) is 4.31 Å². The van der Waals surface area contributed by atoms with Gasteiger partial charge in [0, 0.05) is 19.0 Å². The summed E-state index contributed by atoms with van der Waals surface area (Å²) in [6.07, 6.45) is 8.13. The number of H-pyrrole nitrogens is 1. The Morgan fingerprint density at radius 2 is 1.89 bits per heavy atom. The van der Waals surface area contributed by atoms with E-state index < -0.39 is 10.0 Å². The lowest BCUT2D eigenvalue weighted by Crippen LogP contribution is -2.34. The number of rotatable bonds is 11. The second kappa shape index (κ2) is 12.4. The van der Waals surface area contributed by atoms with Crippen molar-refractivity contribution in [2.24, 2.45) is 0 Å². The zero-order valence-electron chi connectivity index (χ0n) is 22.6. The Kier molecular flexibility index (Phi) is 9.22. The predicted molar refractivity (Wildman–Crippen MR) is 146 cm³/mol. The van der Waals surface area contributed by atoms with Crippen LogP contribution < -0.4 is 10.3 Å². The molecule has 1 aliphatic carbocycles. The molecule has 1 saturated carbocycles. The van der Waals surface area contributed by atoms with Crippen molar-refractivity contribution in [3.05, 3.63) is 40.1 Å². The molecule has 38 heavy (non-hydrogen) atoms. The number of aliphatic hydroxyl groups excluding tert-OH is 1. The van der Waals surface area contributed by atoms with Gasteiger partial charge in [-0.25, -0.2) is 17.9 Å². The lowest BCUT2D eigenvalue weighted by Gasteiger charge is -2.22. The summed E-state index contributed by atoms with van der Waals surface area (Å²) in [4.78, 5) is 20.9. The molecule has 0 saturated heterocycles. The molecule has 2 aromatic heterocycles. The molecule has 1 aromatic carbocycles. The molecule has 2 N–H and O–H groups in total. The third-order valence-corrected chi connectivity index (χ3v) is 9.07. The Bertz CT molecular complexity index is 1410. The molecule has 0 bridgehead atoms. The van der Waals surface area contributed by atoms with Crippen molar-refractivity contribution in [1.82, 2.24) is 23.9 Å². The summed E-state index contributed by atoms with van der Waals surface area (Å²) in [5.74, 6) is 1.63. The third kappa shape index (κ3) is 5.79. The molecule has 0 amide bonds. The van der Waals surface area contributed by atoms with E-state index in [4.69, 9.17) is 14.8 Å². The van der Waals surface area contributed by atoms with Gasteiger partial charge in [0.25, 0.3) is 5.56 Å². The number of imidazole rings is 1. The number of hydrogen-bond donors (Lipinski definition) is 2. The summed E-state index contributed by atoms with van der Waals surface area (Å²) >= 11 is 0. The van der Waals surface area contributed by atoms with Gasteiger partial charge in [-0.1, -0.05) is 39.0 Å². The Morgan fingerprint density at radius 3 is 2.55 bits per heavy atom. The lowest BCUT2D eigenvalue weighted by atomic mass is 10.00. The number of aromatic amines is 1. The normalized spacial score (nSPS) is 15.3. The topological polar surface area (TPSA) is 130 Å². The van der Waals surface area contributed by atoms with Crippen LogP contribution in [0.1, 0.15) is 82.7 Å². The molecule has 0 atom stereocenters. The quantitative estimate of drug-likeness (QED) is 0.348. The van der Waals surface area contributed by atoms with E-state index in [9.17, 15) is 18.3 Å². The molecule has 11 heteroatoms. The number of aromatic nitrogens is 4. The highest BCUT2D eigenvalue weighted by Crippen LogP contribution is 2.34. The number of aryl methyl sites for hydroxylation is 1. The minimum Gasteiger partial charge on any atom is -0.493 e. The van der Waals surface area contributed by atoms with Crippen molar-refractivity contribution >= 4 is 15.5 Å². The van der Waals surface area contributed by atoms with Crippen LogP contribution in [-0.2, 0) is 10.0 Å². The summed E-state index contributed by atoms with van der Waals surface area (Å²) in [7, 11) is -3.90. The smallest absolute Gasteiger partial charge is 0.277 e. The predicted octanol–water partition coefficient (Wildman–Crippen LogP) is 4.01. The van der Waals surface area contributed by atoms with E-state index in [2.05, 4.69) is 4.98 Å². The molecule has 0 unspecified atom stereocenters. The number of nitrogens with zero attached hydrogens (tertiary/aromatic N) is 4. The summed E-state index contributed by atoms with van der Waals surface area (Å²) < 4.78 is 35.8. The molecule has 4 rings (SSSR count). The summed E-state index contributed by atoms with van der Waals surface area (Å²) in [6, 6.07) is 4.59. The monoisotopic (exact) mass is 545 g/mol. The van der Waals surface area contributed by atoms with Gasteiger partial charge in [-0.15, -0.1) is 5.10 Å². The number of nitrogens with one attached hydrogen (secondary N) is 1. The number of aliphatic hydroxyl groups is 1. The number of unbranched alkanes of at least 4 members (excludes halogenated alkanes) is 1. The van der Waals surface area contributed by atoms with Crippen LogP contribution >= 0.6 is 0 Å². The van der Waals surface area contributed by atoms with Gasteiger partial charge in [0.1, 0.15) is 11.6 Å². The molecular formula is C27H39N5O5S. The Labute approximate surface area is 224 Å². The first-order valence-electron chi connectivity index (χ1n) is 13.7. The Balaban J connectivity index is 1.86. The van der Waals surface area contributed by atoms with Crippen molar-refractivity contribution in [3.63, 3.8) is 0 Å². The molecular weight excluding hydrogens is 506 g/mol. The molecule has 1 fully saturated rings. The van der Waals surface area contributed by atoms with Gasteiger partial charge in [-0.3, -0.25) is 4.79 Å². The SMILES string of the molecule is CCCCN(CCO)S(=O)(=O)c1ccc(OCC)c(-c2nn3c(C4CCCCCC4)nc(C)c3c(=O)[nH]2)c1. The van der Waals surface area contributed by atoms with Crippen LogP contribution in [0.25, 0.3) is 16.9 Å². The van der Waals surface area contributed by atoms with E-state index in [1.165, 1.54) is 29.3 Å². The maximum atomic E-state index is 13.5. The maximum Gasteiger partial charge on any atom is 0.277 e. The minimum absolute atomic E-state index is 0.00494. The van der Waals surface area contributed by atoms with E-state index in [1.807, 2.05) is 20.8 Å². The molecule has 1 aliphatic rings. The highest BCUT2D eigenvalue weighted by molar-refractivity contribution is 7.89. The van der Waals surface area contributed by atoms with E-state index in [-0.39, 0.29) is 35.3 Å². The van der Waals surface area contributed by atoms with Crippen molar-refractivity contribution in [2.75, 3.05) is 26.3 Å². The number of fused-ring (bicyclic) bond motifs is 1. The first-order chi connectivity index (χ1) is 18.3. The largest absolute Gasteiger partial charge is 0.493 e. The van der Waals surface area contributed by atoms with E-state index in [0.29, 0.717) is 42.1 Å². The van der Waals surface area contributed by atoms with Gasteiger partial charge < -0.3 is 14.8 Å². The number of ether oxygens (including phenoxy) is 1. The van der Waals surface area contributed by atoms with Gasteiger partial charge >= 0.3 is 0 Å². The fraction of sp³-hybridized carbons (Fsp3) is 0.593. The lowest BCUT2D eigenvalue weighted by molar-refractivity contribution is 0.252. The van der Waals surface area contributed by atoms with Gasteiger partial charge in [0.15, 0.2) is 11.3 Å². The van der Waals surface area contributed by atoms with Crippen LogP contribution in [0.3, 0.4) is 0 Å². The second-order valence-electron chi connectivity index (χ2n) is 9.88. The Morgan fingerprint density at radius 1 is 1.16 bits per heavy atom. The van der Waals surface area contributed by atoms with Crippen molar-refractivity contribution in [2.45, 2.75) is 83.0 Å². The molecule has 0 radical (unpaired) electrons. The van der Waals surface area contributed by atoms with Crippen LogP contribution in [0, 0.1) is 6.92 Å². The fourth-order valence-corrected chi connectivity index (χ4v) is 6.70. The molecule has 208 valence electrons. The number of benzene rings is 1. The summed E-state index contributed by atoms with van der Waals surface area (Å²) in [5.41, 5.74) is 1.08. The molecule has 3 aromatic rings. The van der Waals surface area contributed by atoms with Crippen LogP contribution in [-0.4, -0.2) is 63.7 Å². The summed E-state index contributed by atoms with van der Waals surface area (Å²) in [5, 5.41) is 14.3. The molecule has 0 spiro atoms. The number of hydrogen-bond acceptors (Lipinski definition) is 7. The van der Waals surface area contributed by atoms with Crippen LogP contribution in [0.5, 0.6) is 5.75 Å². The van der Waals surface area contributed by atoms with E-state index in [1.54, 1.807) is 10.6 Å². The van der Waals surface area contributed by atoms with Gasteiger partial charge in [0.2, 0.25) is 10.0 Å². The second-order valence-corrected chi connectivity index (χ2v) is 11.8. The van der Waals surface area contributed by atoms with E-state index in [0.717, 1.165) is 37.9 Å². The zero-order chi connectivity index (χ0) is 27.3. The van der Waals surface area contributed by atoms with E-state index >= 15 is 0 Å². The highest BCUT2D eigenvalue weighted by Gasteiger charge is 2.27. The standard InChI is InChI=1S/C27H39N5O5S/c1-4-6-15-31(16-17-33)38(35,36)21-13-14-23(37-5-2)22(18-21)25-29-27(34)24-19(3)28-26(32(24)30-25)20-11-9-7-8-10-12-20/h13-14,18,20,33H,4-12,15-17H2,1-3H3,(H,29,30,34).